The quantitative estimate of drug-likeness (QED) is 0.381. The van der Waals surface area contributed by atoms with E-state index in [9.17, 15) is 14.9 Å². The van der Waals surface area contributed by atoms with Crippen molar-refractivity contribution in [1.29, 1.82) is 0 Å². The lowest BCUT2D eigenvalue weighted by atomic mass is 9.90. The largest absolute Gasteiger partial charge is 0.385 e. The highest BCUT2D eigenvalue weighted by molar-refractivity contribution is 6.07. The van der Waals surface area contributed by atoms with Crippen LogP contribution in [0.5, 0.6) is 0 Å². The zero-order chi connectivity index (χ0) is 21.3. The van der Waals surface area contributed by atoms with Gasteiger partial charge in [0.05, 0.1) is 10.6 Å². The van der Waals surface area contributed by atoms with Crippen LogP contribution >= 0.6 is 0 Å². The van der Waals surface area contributed by atoms with Crippen LogP contribution in [0.1, 0.15) is 34.5 Å². The molecule has 1 aromatic heterocycles. The Bertz CT molecular complexity index is 1210. The summed E-state index contributed by atoms with van der Waals surface area (Å²) in [6, 6.07) is 12.0. The Morgan fingerprint density at radius 1 is 1.23 bits per heavy atom. The highest BCUT2D eigenvalue weighted by Gasteiger charge is 2.19. The first-order valence-corrected chi connectivity index (χ1v) is 9.40. The lowest BCUT2D eigenvalue weighted by molar-refractivity contribution is -0.383. The van der Waals surface area contributed by atoms with E-state index in [1.165, 1.54) is 6.07 Å². The van der Waals surface area contributed by atoms with E-state index >= 15 is 0 Å². The summed E-state index contributed by atoms with van der Waals surface area (Å²) < 4.78 is 0. The number of nitrogens with two attached hydrogens (primary N) is 1. The molecule has 0 radical (unpaired) electrons. The van der Waals surface area contributed by atoms with Crippen LogP contribution < -0.4 is 16.5 Å². The van der Waals surface area contributed by atoms with Crippen molar-refractivity contribution in [3.63, 3.8) is 0 Å². The van der Waals surface area contributed by atoms with Gasteiger partial charge in [0, 0.05) is 22.7 Å². The summed E-state index contributed by atoms with van der Waals surface area (Å²) in [5, 5.41) is 19.0. The topological polar surface area (TPSA) is 138 Å². The van der Waals surface area contributed by atoms with Crippen LogP contribution in [-0.2, 0) is 6.42 Å². The molecule has 1 heterocycles. The first kappa shape index (κ1) is 19.2. The van der Waals surface area contributed by atoms with Gasteiger partial charge in [-0.05, 0) is 43.0 Å². The third-order valence-corrected chi connectivity index (χ3v) is 4.94. The number of hydrazone groups is 1. The smallest absolute Gasteiger partial charge is 0.293 e. The summed E-state index contributed by atoms with van der Waals surface area (Å²) in [7, 11) is 0. The van der Waals surface area contributed by atoms with Crippen LogP contribution in [-0.4, -0.2) is 21.5 Å². The molecule has 0 spiro atoms. The second-order valence-electron chi connectivity index (χ2n) is 7.06. The summed E-state index contributed by atoms with van der Waals surface area (Å²) in [5.74, 6) is -0.0941. The minimum atomic E-state index is -0.474. The van der Waals surface area contributed by atoms with Gasteiger partial charge < -0.3 is 16.0 Å². The number of nitrogens with one attached hydrogen (secondary N) is 3. The zero-order valence-electron chi connectivity index (χ0n) is 16.1. The average Bonchev–Trinajstić information content (AvgIpc) is 3.16. The van der Waals surface area contributed by atoms with E-state index in [0.29, 0.717) is 16.6 Å². The number of nitrogens with zero attached hydrogens (tertiary/aromatic N) is 2. The average molecular weight is 404 g/mol. The van der Waals surface area contributed by atoms with Crippen molar-refractivity contribution in [2.45, 2.75) is 19.3 Å². The molecule has 1 amide bonds. The number of amides is 1. The number of anilines is 1. The summed E-state index contributed by atoms with van der Waals surface area (Å²) in [6.45, 7) is 3.57. The molecule has 152 valence electrons. The first-order chi connectivity index (χ1) is 14.4. The van der Waals surface area contributed by atoms with Crippen molar-refractivity contribution >= 4 is 33.9 Å². The summed E-state index contributed by atoms with van der Waals surface area (Å²) in [6.07, 6.45) is 2.64. The van der Waals surface area contributed by atoms with Gasteiger partial charge in [0.25, 0.3) is 11.6 Å². The van der Waals surface area contributed by atoms with Crippen molar-refractivity contribution in [3.05, 3.63) is 81.8 Å². The molecule has 0 bridgehead atoms. The SMILES string of the molecule is C=C(N)N/N=C1/CCCc2cc(NC(=O)c3cc4cccc([N+](=O)[O-])c4[nH]3)ccc21. The number of fused-ring (bicyclic) bond motifs is 2. The van der Waals surface area contributed by atoms with E-state index in [4.69, 9.17) is 5.73 Å². The standard InChI is InChI=1S/C21H20N6O3/c1-12(22)25-26-17-6-2-4-13-10-15(8-9-16(13)17)23-21(28)18-11-14-5-3-7-19(27(29)30)20(14)24-18/h3,5,7-11,24-25H,1-2,4,6,22H2,(H,23,28)/b26-17-. The maximum absolute atomic E-state index is 12.7. The molecule has 9 heteroatoms. The first-order valence-electron chi connectivity index (χ1n) is 9.40. The maximum Gasteiger partial charge on any atom is 0.293 e. The van der Waals surface area contributed by atoms with Gasteiger partial charge >= 0.3 is 0 Å². The zero-order valence-corrected chi connectivity index (χ0v) is 16.1. The van der Waals surface area contributed by atoms with Crippen molar-refractivity contribution in [1.82, 2.24) is 10.4 Å². The number of nitro benzene ring substituents is 1. The second-order valence-corrected chi connectivity index (χ2v) is 7.06. The minimum Gasteiger partial charge on any atom is -0.385 e. The van der Waals surface area contributed by atoms with E-state index in [0.717, 1.165) is 36.1 Å². The monoisotopic (exact) mass is 404 g/mol. The minimum absolute atomic E-state index is 0.0686. The molecule has 1 aliphatic carbocycles. The van der Waals surface area contributed by atoms with Crippen LogP contribution in [0.15, 0.2) is 60.0 Å². The van der Waals surface area contributed by atoms with Crippen molar-refractivity contribution in [2.24, 2.45) is 10.8 Å². The number of non-ortho nitro benzene ring substituents is 1. The van der Waals surface area contributed by atoms with E-state index in [1.54, 1.807) is 24.3 Å². The molecule has 0 saturated heterocycles. The number of para-hydroxylation sites is 1. The highest BCUT2D eigenvalue weighted by Crippen LogP contribution is 2.27. The van der Waals surface area contributed by atoms with Gasteiger partial charge in [0.2, 0.25) is 0 Å². The molecule has 0 aliphatic heterocycles. The number of hydrogen-bond acceptors (Lipinski definition) is 6. The molecule has 1 aliphatic rings. The molecule has 0 unspecified atom stereocenters. The van der Waals surface area contributed by atoms with Crippen LogP contribution in [0.25, 0.3) is 10.9 Å². The number of carbonyl (C=O) groups is 1. The number of rotatable bonds is 5. The summed E-state index contributed by atoms with van der Waals surface area (Å²) >= 11 is 0. The Morgan fingerprint density at radius 2 is 2.07 bits per heavy atom. The lowest BCUT2D eigenvalue weighted by Gasteiger charge is -2.19. The molecular formula is C21H20N6O3. The molecule has 5 N–H and O–H groups in total. The molecule has 4 rings (SSSR count). The van der Waals surface area contributed by atoms with Crippen LogP contribution in [0, 0.1) is 10.1 Å². The number of aryl methyl sites for hydroxylation is 1. The number of aromatic amines is 1. The Labute approximate surface area is 171 Å². The van der Waals surface area contributed by atoms with Crippen molar-refractivity contribution in [3.8, 4) is 0 Å². The van der Waals surface area contributed by atoms with Gasteiger partial charge in [-0.1, -0.05) is 24.8 Å². The van der Waals surface area contributed by atoms with Crippen LogP contribution in [0.3, 0.4) is 0 Å². The number of nitro groups is 1. The fourth-order valence-corrected chi connectivity index (χ4v) is 3.61. The number of H-pyrrole nitrogens is 1. The third-order valence-electron chi connectivity index (χ3n) is 4.94. The van der Waals surface area contributed by atoms with E-state index < -0.39 is 4.92 Å². The van der Waals surface area contributed by atoms with Gasteiger partial charge in [0.1, 0.15) is 17.0 Å². The van der Waals surface area contributed by atoms with E-state index in [1.807, 2.05) is 12.1 Å². The van der Waals surface area contributed by atoms with Gasteiger partial charge in [-0.2, -0.15) is 5.10 Å². The summed E-state index contributed by atoms with van der Waals surface area (Å²) in [5.41, 5.74) is 12.4. The fourth-order valence-electron chi connectivity index (χ4n) is 3.61. The van der Waals surface area contributed by atoms with E-state index in [-0.39, 0.29) is 23.1 Å². The number of benzene rings is 2. The van der Waals surface area contributed by atoms with Crippen molar-refractivity contribution < 1.29 is 9.72 Å². The molecular weight excluding hydrogens is 384 g/mol. The Morgan fingerprint density at radius 3 is 2.83 bits per heavy atom. The molecule has 0 saturated carbocycles. The Hall–Kier alpha value is -4.14. The fraction of sp³-hybridized carbons (Fsp3) is 0.143. The summed E-state index contributed by atoms with van der Waals surface area (Å²) in [4.78, 5) is 26.3. The molecule has 2 aromatic carbocycles. The van der Waals surface area contributed by atoms with E-state index in [2.05, 4.69) is 27.4 Å². The van der Waals surface area contributed by atoms with Gasteiger partial charge in [-0.15, -0.1) is 0 Å². The second kappa shape index (κ2) is 7.70. The Balaban J connectivity index is 1.58. The highest BCUT2D eigenvalue weighted by atomic mass is 16.6. The van der Waals surface area contributed by atoms with Crippen molar-refractivity contribution in [2.75, 3.05) is 5.32 Å². The molecule has 0 atom stereocenters. The van der Waals surface area contributed by atoms with Crippen LogP contribution in [0.2, 0.25) is 0 Å². The van der Waals surface area contributed by atoms with Gasteiger partial charge in [0.15, 0.2) is 0 Å². The predicted octanol–water partition coefficient (Wildman–Crippen LogP) is 3.39. The number of hydrogen-bond donors (Lipinski definition) is 4. The normalized spacial score (nSPS) is 14.3. The van der Waals surface area contributed by atoms with Crippen LogP contribution in [0.4, 0.5) is 11.4 Å². The lowest BCUT2D eigenvalue weighted by Crippen LogP contribution is -2.19. The molecule has 9 nitrogen and oxygen atoms in total. The number of carbonyl (C=O) groups excluding carboxylic acids is 1. The van der Waals surface area contributed by atoms with Gasteiger partial charge in [-0.25, -0.2) is 0 Å². The van der Waals surface area contributed by atoms with Gasteiger partial charge in [-0.3, -0.25) is 20.3 Å². The third kappa shape index (κ3) is 3.72. The number of aromatic nitrogens is 1. The molecule has 0 fully saturated rings. The molecule has 30 heavy (non-hydrogen) atoms. The maximum atomic E-state index is 12.7. The Kier molecular flexibility index (Phi) is 4.93. The molecule has 3 aromatic rings. The predicted molar refractivity (Wildman–Crippen MR) is 115 cm³/mol.